The van der Waals surface area contributed by atoms with Crippen molar-refractivity contribution in [2.75, 3.05) is 12.4 Å². The lowest BCUT2D eigenvalue weighted by Gasteiger charge is -2.30. The average molecular weight is 313 g/mol. The number of thiophene rings is 1. The van der Waals surface area contributed by atoms with Crippen LogP contribution in [0.3, 0.4) is 0 Å². The first-order valence-corrected chi connectivity index (χ1v) is 7.95. The van der Waals surface area contributed by atoms with Gasteiger partial charge in [0.1, 0.15) is 5.75 Å². The Morgan fingerprint density at radius 1 is 1.27 bits per heavy atom. The third-order valence-electron chi connectivity index (χ3n) is 3.94. The first-order chi connectivity index (χ1) is 10.8. The van der Waals surface area contributed by atoms with Gasteiger partial charge in [0, 0.05) is 4.88 Å². The number of tetrazole rings is 1. The van der Waals surface area contributed by atoms with E-state index >= 15 is 0 Å². The minimum Gasteiger partial charge on any atom is -0.497 e. The second-order valence-electron chi connectivity index (χ2n) is 5.18. The highest BCUT2D eigenvalue weighted by Crippen LogP contribution is 2.38. The summed E-state index contributed by atoms with van der Waals surface area (Å²) in [5.41, 5.74) is 1.21. The van der Waals surface area contributed by atoms with E-state index < -0.39 is 0 Å². The molecule has 112 valence electrons. The van der Waals surface area contributed by atoms with Crippen molar-refractivity contribution in [2.24, 2.45) is 0 Å². The van der Waals surface area contributed by atoms with Crippen LogP contribution in [0.5, 0.6) is 5.75 Å². The third-order valence-corrected chi connectivity index (χ3v) is 4.91. The number of ether oxygens (including phenoxy) is 1. The topological polar surface area (TPSA) is 64.9 Å². The molecule has 3 heterocycles. The molecule has 22 heavy (non-hydrogen) atoms. The molecular formula is C15H15N5OS. The van der Waals surface area contributed by atoms with Gasteiger partial charge in [-0.2, -0.15) is 0 Å². The predicted octanol–water partition coefficient (Wildman–Crippen LogP) is 2.89. The summed E-state index contributed by atoms with van der Waals surface area (Å²) in [6.07, 6.45) is 0.908. The Balaban J connectivity index is 1.68. The molecule has 2 aromatic heterocycles. The molecule has 0 radical (unpaired) electrons. The van der Waals surface area contributed by atoms with Crippen LogP contribution in [0.4, 0.5) is 5.95 Å². The Bertz CT molecular complexity index is 753. The summed E-state index contributed by atoms with van der Waals surface area (Å²) in [6.45, 7) is 0. The summed E-state index contributed by atoms with van der Waals surface area (Å²) in [7, 11) is 1.68. The highest BCUT2D eigenvalue weighted by atomic mass is 32.1. The number of hydrogen-bond acceptors (Lipinski definition) is 6. The summed E-state index contributed by atoms with van der Waals surface area (Å²) in [5.74, 6) is 1.57. The van der Waals surface area contributed by atoms with Gasteiger partial charge >= 0.3 is 0 Å². The van der Waals surface area contributed by atoms with Crippen LogP contribution in [0.1, 0.15) is 28.9 Å². The molecule has 1 aliphatic rings. The van der Waals surface area contributed by atoms with Crippen molar-refractivity contribution in [3.05, 3.63) is 52.2 Å². The lowest BCUT2D eigenvalue weighted by atomic mass is 9.97. The van der Waals surface area contributed by atoms with Crippen LogP contribution in [0.25, 0.3) is 0 Å². The van der Waals surface area contributed by atoms with Crippen molar-refractivity contribution in [1.29, 1.82) is 0 Å². The smallest absolute Gasteiger partial charge is 0.244 e. The normalized spacial score (nSPS) is 20.2. The zero-order valence-electron chi connectivity index (χ0n) is 12.0. The average Bonchev–Trinajstić information content (AvgIpc) is 3.25. The van der Waals surface area contributed by atoms with Crippen LogP contribution in [0.15, 0.2) is 41.8 Å². The van der Waals surface area contributed by atoms with Gasteiger partial charge in [-0.3, -0.25) is 0 Å². The molecule has 4 rings (SSSR count). The van der Waals surface area contributed by atoms with Gasteiger partial charge in [-0.1, -0.05) is 23.3 Å². The number of nitrogens with one attached hydrogen (secondary N) is 1. The molecule has 3 aromatic rings. The van der Waals surface area contributed by atoms with Gasteiger partial charge in [-0.25, -0.2) is 4.68 Å². The molecule has 1 N–H and O–H groups in total. The minimum atomic E-state index is 0.165. The molecule has 0 amide bonds. The van der Waals surface area contributed by atoms with Crippen LogP contribution < -0.4 is 10.1 Å². The van der Waals surface area contributed by atoms with Crippen molar-refractivity contribution in [1.82, 2.24) is 20.2 Å². The number of rotatable bonds is 3. The minimum absolute atomic E-state index is 0.165. The second-order valence-corrected chi connectivity index (χ2v) is 6.16. The van der Waals surface area contributed by atoms with E-state index in [0.717, 1.165) is 12.2 Å². The van der Waals surface area contributed by atoms with E-state index in [-0.39, 0.29) is 12.1 Å². The van der Waals surface area contributed by atoms with Crippen molar-refractivity contribution < 1.29 is 4.74 Å². The van der Waals surface area contributed by atoms with Gasteiger partial charge in [-0.15, -0.1) is 11.3 Å². The maximum Gasteiger partial charge on any atom is 0.244 e. The first-order valence-electron chi connectivity index (χ1n) is 7.07. The van der Waals surface area contributed by atoms with Crippen LogP contribution in [-0.2, 0) is 0 Å². The van der Waals surface area contributed by atoms with Crippen LogP contribution >= 0.6 is 11.3 Å². The number of benzene rings is 1. The Kier molecular flexibility index (Phi) is 3.27. The van der Waals surface area contributed by atoms with E-state index in [4.69, 9.17) is 4.74 Å². The van der Waals surface area contributed by atoms with Crippen molar-refractivity contribution in [2.45, 2.75) is 18.5 Å². The largest absolute Gasteiger partial charge is 0.497 e. The van der Waals surface area contributed by atoms with Gasteiger partial charge in [-0.05, 0) is 46.0 Å². The Morgan fingerprint density at radius 3 is 2.86 bits per heavy atom. The van der Waals surface area contributed by atoms with E-state index in [1.165, 1.54) is 10.4 Å². The number of hydrogen-bond donors (Lipinski definition) is 1. The van der Waals surface area contributed by atoms with Gasteiger partial charge in [0.25, 0.3) is 0 Å². The second kappa shape index (κ2) is 5.42. The summed E-state index contributed by atoms with van der Waals surface area (Å²) >= 11 is 1.74. The fourth-order valence-electron chi connectivity index (χ4n) is 2.81. The summed E-state index contributed by atoms with van der Waals surface area (Å²) in [6, 6.07) is 12.7. The molecule has 1 aromatic carbocycles. The third kappa shape index (κ3) is 2.23. The predicted molar refractivity (Wildman–Crippen MR) is 84.2 cm³/mol. The number of anilines is 1. The summed E-state index contributed by atoms with van der Waals surface area (Å²) in [5, 5.41) is 17.5. The Hall–Kier alpha value is -2.41. The van der Waals surface area contributed by atoms with E-state index in [9.17, 15) is 0 Å². The highest BCUT2D eigenvalue weighted by molar-refractivity contribution is 7.10. The lowest BCUT2D eigenvalue weighted by Crippen LogP contribution is -2.27. The monoisotopic (exact) mass is 313 g/mol. The van der Waals surface area contributed by atoms with E-state index in [1.54, 1.807) is 18.4 Å². The molecule has 0 fully saturated rings. The quantitative estimate of drug-likeness (QED) is 0.805. The Labute approximate surface area is 131 Å². The molecule has 0 bridgehead atoms. The number of aromatic nitrogens is 4. The molecule has 0 saturated carbocycles. The molecule has 6 nitrogen and oxygen atoms in total. The van der Waals surface area contributed by atoms with E-state index in [1.807, 2.05) is 16.8 Å². The summed E-state index contributed by atoms with van der Waals surface area (Å²) in [4.78, 5) is 1.27. The fraction of sp³-hybridized carbons (Fsp3) is 0.267. The van der Waals surface area contributed by atoms with Crippen LogP contribution in [0.2, 0.25) is 0 Å². The zero-order chi connectivity index (χ0) is 14.9. The van der Waals surface area contributed by atoms with Gasteiger partial charge < -0.3 is 10.1 Å². The van der Waals surface area contributed by atoms with Gasteiger partial charge in [0.05, 0.1) is 19.2 Å². The lowest BCUT2D eigenvalue weighted by molar-refractivity contribution is 0.413. The molecule has 1 aliphatic heterocycles. The molecule has 7 heteroatoms. The van der Waals surface area contributed by atoms with Crippen molar-refractivity contribution in [3.63, 3.8) is 0 Å². The zero-order valence-corrected chi connectivity index (χ0v) is 12.8. The molecular weight excluding hydrogens is 298 g/mol. The number of fused-ring (bicyclic) bond motifs is 1. The maximum absolute atomic E-state index is 5.23. The van der Waals surface area contributed by atoms with Gasteiger partial charge in [0.15, 0.2) is 0 Å². The number of nitrogens with zero attached hydrogens (tertiary/aromatic N) is 4. The van der Waals surface area contributed by atoms with Crippen molar-refractivity contribution in [3.8, 4) is 5.75 Å². The van der Waals surface area contributed by atoms with Crippen LogP contribution in [0, 0.1) is 0 Å². The molecule has 2 atom stereocenters. The maximum atomic E-state index is 5.23. The van der Waals surface area contributed by atoms with Crippen molar-refractivity contribution >= 4 is 17.3 Å². The SMILES string of the molecule is COc1ccc([C@@H]2C[C@@H](c3cccs3)n3nnnc3N2)cc1. The molecule has 0 spiro atoms. The number of methoxy groups -OCH3 is 1. The Morgan fingerprint density at radius 2 is 2.14 bits per heavy atom. The first kappa shape index (κ1) is 13.3. The molecule has 0 aliphatic carbocycles. The van der Waals surface area contributed by atoms with Crippen LogP contribution in [-0.4, -0.2) is 27.3 Å². The molecule has 0 unspecified atom stereocenters. The van der Waals surface area contributed by atoms with E-state index in [0.29, 0.717) is 5.95 Å². The standard InChI is InChI=1S/C15H15N5OS/c1-21-11-6-4-10(5-7-11)12-9-13(14-3-2-8-22-14)20-15(16-12)17-18-19-20/h2-8,12-13H,9H2,1H3,(H,16,17,19)/t12-,13-/m0/s1. The fourth-order valence-corrected chi connectivity index (χ4v) is 3.63. The van der Waals surface area contributed by atoms with E-state index in [2.05, 4.69) is 50.5 Å². The molecule has 0 saturated heterocycles. The summed E-state index contributed by atoms with van der Waals surface area (Å²) < 4.78 is 7.09. The van der Waals surface area contributed by atoms with Gasteiger partial charge in [0.2, 0.25) is 5.95 Å². The highest BCUT2D eigenvalue weighted by Gasteiger charge is 2.31.